The van der Waals surface area contributed by atoms with Crippen molar-refractivity contribution in [2.24, 2.45) is 11.8 Å². The number of β-amino-alcohol motifs (C(OH)–C–C–N with tert-alkyl or cyclic N) is 1. The highest BCUT2D eigenvalue weighted by molar-refractivity contribution is 7.92. The molecule has 0 bridgehead atoms. The Morgan fingerprint density at radius 1 is 1.02 bits per heavy atom. The lowest BCUT2D eigenvalue weighted by Gasteiger charge is -2.47. The molecule has 282 valence electrons. The fourth-order valence-electron chi connectivity index (χ4n) is 6.97. The van der Waals surface area contributed by atoms with E-state index in [2.05, 4.69) is 20.9 Å². The van der Waals surface area contributed by atoms with Crippen molar-refractivity contribution >= 4 is 27.6 Å². The second-order valence-electron chi connectivity index (χ2n) is 15.6. The van der Waals surface area contributed by atoms with E-state index in [1.54, 1.807) is 0 Å². The number of nitrogens with one attached hydrogen (secondary N) is 3. The number of carbonyl (C=O) groups is 3. The van der Waals surface area contributed by atoms with Crippen LogP contribution in [0, 0.1) is 17.7 Å². The summed E-state index contributed by atoms with van der Waals surface area (Å²) in [5.41, 5.74) is 0.374. The molecule has 1 saturated carbocycles. The standard InChI is InChI=1S/C37H54FN5O7S/c1-36(2,3)42-34(46)29-19-25-14-10-11-15-26(25)21-43(29)22-30(44)28(18-24-12-8-7-9-13-24)40-35(47)33(37(4,5)51(6,48)49)41-31(45)23-50-32-17-16-27(38)20-39-32/h7-9,12-13,16-17,20,25-26,28-30,33,44H,10-11,14-15,18-19,21-23H2,1-6H3,(H,40,47)(H,41,45)(H,42,46). The fourth-order valence-corrected chi connectivity index (χ4v) is 7.56. The van der Waals surface area contributed by atoms with Crippen LogP contribution < -0.4 is 20.7 Å². The van der Waals surface area contributed by atoms with Crippen LogP contribution in [0.3, 0.4) is 0 Å². The number of pyridine rings is 1. The molecule has 1 aliphatic heterocycles. The van der Waals surface area contributed by atoms with Gasteiger partial charge in [0.1, 0.15) is 11.9 Å². The molecular weight excluding hydrogens is 678 g/mol. The van der Waals surface area contributed by atoms with E-state index in [4.69, 9.17) is 4.74 Å². The second kappa shape index (κ2) is 16.8. The third-order valence-corrected chi connectivity index (χ3v) is 12.2. The average Bonchev–Trinajstić information content (AvgIpc) is 3.05. The van der Waals surface area contributed by atoms with Gasteiger partial charge in [-0.3, -0.25) is 19.3 Å². The van der Waals surface area contributed by atoms with E-state index in [0.29, 0.717) is 24.8 Å². The molecule has 1 aliphatic carbocycles. The number of benzene rings is 1. The van der Waals surface area contributed by atoms with E-state index in [1.807, 2.05) is 56.0 Å². The quantitative estimate of drug-likeness (QED) is 0.229. The van der Waals surface area contributed by atoms with Crippen LogP contribution >= 0.6 is 0 Å². The Balaban J connectivity index is 1.58. The number of ether oxygens (including phenoxy) is 1. The molecule has 2 heterocycles. The summed E-state index contributed by atoms with van der Waals surface area (Å²) in [6, 6.07) is 8.64. The van der Waals surface area contributed by atoms with Gasteiger partial charge in [-0.1, -0.05) is 49.6 Å². The van der Waals surface area contributed by atoms with Crippen molar-refractivity contribution in [2.75, 3.05) is 26.0 Å². The molecule has 4 rings (SSSR count). The van der Waals surface area contributed by atoms with Gasteiger partial charge in [0.05, 0.1) is 29.1 Å². The molecule has 12 nitrogen and oxygen atoms in total. The minimum absolute atomic E-state index is 0.0345. The van der Waals surface area contributed by atoms with Gasteiger partial charge in [-0.15, -0.1) is 0 Å². The largest absolute Gasteiger partial charge is 0.468 e. The minimum Gasteiger partial charge on any atom is -0.468 e. The van der Waals surface area contributed by atoms with Crippen molar-refractivity contribution in [3.63, 3.8) is 0 Å². The van der Waals surface area contributed by atoms with Gasteiger partial charge in [-0.2, -0.15) is 0 Å². The number of fused-ring (bicyclic) bond motifs is 1. The second-order valence-corrected chi connectivity index (χ2v) is 18.2. The van der Waals surface area contributed by atoms with Crippen LogP contribution in [0.15, 0.2) is 48.7 Å². The first kappa shape index (κ1) is 40.2. The number of piperidine rings is 1. The van der Waals surface area contributed by atoms with Crippen molar-refractivity contribution in [3.8, 4) is 5.88 Å². The highest BCUT2D eigenvalue weighted by Gasteiger charge is 2.46. The minimum atomic E-state index is -3.93. The van der Waals surface area contributed by atoms with E-state index in [9.17, 15) is 32.3 Å². The molecule has 1 aromatic heterocycles. The van der Waals surface area contributed by atoms with Crippen molar-refractivity contribution < 1.29 is 37.0 Å². The van der Waals surface area contributed by atoms with Crippen LogP contribution in [0.1, 0.15) is 72.3 Å². The number of aromatic nitrogens is 1. The van der Waals surface area contributed by atoms with Crippen molar-refractivity contribution in [1.29, 1.82) is 0 Å². The summed E-state index contributed by atoms with van der Waals surface area (Å²) in [5.74, 6) is -1.52. The molecule has 0 spiro atoms. The zero-order chi connectivity index (χ0) is 37.6. The highest BCUT2D eigenvalue weighted by atomic mass is 32.2. The molecule has 6 atom stereocenters. The van der Waals surface area contributed by atoms with E-state index >= 15 is 0 Å². The maximum absolute atomic E-state index is 14.1. The molecule has 1 saturated heterocycles. The van der Waals surface area contributed by atoms with Gasteiger partial charge in [-0.25, -0.2) is 17.8 Å². The number of hydrogen-bond acceptors (Lipinski definition) is 9. The molecule has 1 aromatic carbocycles. The van der Waals surface area contributed by atoms with Crippen LogP contribution in [-0.2, 0) is 30.6 Å². The molecule has 51 heavy (non-hydrogen) atoms. The number of rotatable bonds is 14. The Bertz CT molecular complexity index is 1600. The highest BCUT2D eigenvalue weighted by Crippen LogP contribution is 2.39. The first-order valence-corrected chi connectivity index (χ1v) is 19.5. The van der Waals surface area contributed by atoms with Crippen LogP contribution in [0.5, 0.6) is 5.88 Å². The summed E-state index contributed by atoms with van der Waals surface area (Å²) in [6.07, 6.45) is 6.01. The SMILES string of the molecule is CC(C)(C)NC(=O)C1CC2CCCCC2CN1CC(O)C(Cc1ccccc1)NC(=O)C(NC(=O)COc1ccc(F)cn1)C(C)(C)S(C)(=O)=O. The number of aliphatic hydroxyl groups is 1. The lowest BCUT2D eigenvalue weighted by atomic mass is 9.72. The van der Waals surface area contributed by atoms with Gasteiger partial charge < -0.3 is 25.8 Å². The summed E-state index contributed by atoms with van der Waals surface area (Å²) in [5, 5.41) is 20.4. The molecule has 6 unspecified atom stereocenters. The predicted octanol–water partition coefficient (Wildman–Crippen LogP) is 2.79. The molecule has 0 radical (unpaired) electrons. The number of likely N-dealkylation sites (tertiary alicyclic amines) is 1. The molecule has 2 aliphatic rings. The summed E-state index contributed by atoms with van der Waals surface area (Å²) in [7, 11) is -3.93. The Hall–Kier alpha value is -3.62. The number of nitrogens with zero attached hydrogens (tertiary/aromatic N) is 2. The van der Waals surface area contributed by atoms with Gasteiger partial charge in [-0.05, 0) is 77.3 Å². The Morgan fingerprint density at radius 3 is 2.29 bits per heavy atom. The van der Waals surface area contributed by atoms with Crippen LogP contribution in [0.25, 0.3) is 0 Å². The molecule has 14 heteroatoms. The molecule has 2 fully saturated rings. The number of hydrogen-bond donors (Lipinski definition) is 4. The third-order valence-electron chi connectivity index (χ3n) is 10.1. The van der Waals surface area contributed by atoms with Crippen LogP contribution in [-0.4, -0.2) is 102 Å². The number of carbonyl (C=O) groups excluding carboxylic acids is 3. The van der Waals surface area contributed by atoms with Crippen molar-refractivity contribution in [3.05, 3.63) is 60.0 Å². The number of aliphatic hydroxyl groups excluding tert-OH is 1. The topological polar surface area (TPSA) is 167 Å². The van der Waals surface area contributed by atoms with Gasteiger partial charge in [0.2, 0.25) is 17.7 Å². The monoisotopic (exact) mass is 731 g/mol. The molecule has 4 N–H and O–H groups in total. The van der Waals surface area contributed by atoms with Crippen molar-refractivity contribution in [2.45, 2.75) is 108 Å². The molecular formula is C37H54FN5O7S. The van der Waals surface area contributed by atoms with E-state index in [1.165, 1.54) is 19.9 Å². The van der Waals surface area contributed by atoms with Gasteiger partial charge in [0, 0.05) is 31.0 Å². The number of amides is 3. The zero-order valence-corrected chi connectivity index (χ0v) is 31.3. The van der Waals surface area contributed by atoms with Gasteiger partial charge >= 0.3 is 0 Å². The molecule has 2 aromatic rings. The first-order chi connectivity index (χ1) is 23.8. The Morgan fingerprint density at radius 2 is 1.69 bits per heavy atom. The van der Waals surface area contributed by atoms with E-state index in [-0.39, 0.29) is 24.8 Å². The zero-order valence-electron chi connectivity index (χ0n) is 30.5. The van der Waals surface area contributed by atoms with Gasteiger partial charge in [0.15, 0.2) is 16.4 Å². The summed E-state index contributed by atoms with van der Waals surface area (Å²) in [6.45, 7) is 8.58. The van der Waals surface area contributed by atoms with Crippen LogP contribution in [0.4, 0.5) is 4.39 Å². The smallest absolute Gasteiger partial charge is 0.258 e. The summed E-state index contributed by atoms with van der Waals surface area (Å²) in [4.78, 5) is 46.6. The Labute approximate surface area is 301 Å². The van der Waals surface area contributed by atoms with E-state index in [0.717, 1.165) is 49.8 Å². The van der Waals surface area contributed by atoms with E-state index < -0.39 is 68.6 Å². The normalized spacial score (nSPS) is 21.8. The number of halogens is 1. The van der Waals surface area contributed by atoms with Gasteiger partial charge in [0.25, 0.3) is 5.91 Å². The van der Waals surface area contributed by atoms with Crippen molar-refractivity contribution in [1.82, 2.24) is 25.8 Å². The lowest BCUT2D eigenvalue weighted by molar-refractivity contribution is -0.133. The average molecular weight is 732 g/mol. The molecule has 3 amide bonds. The third kappa shape index (κ3) is 11.2. The maximum Gasteiger partial charge on any atom is 0.258 e. The Kier molecular flexibility index (Phi) is 13.2. The predicted molar refractivity (Wildman–Crippen MR) is 192 cm³/mol. The lowest BCUT2D eigenvalue weighted by Crippen LogP contribution is -2.64. The summed E-state index contributed by atoms with van der Waals surface area (Å²) < 4.78 is 42.8. The fraction of sp³-hybridized carbons (Fsp3) is 0.622. The summed E-state index contributed by atoms with van der Waals surface area (Å²) >= 11 is 0. The first-order valence-electron chi connectivity index (χ1n) is 17.7. The maximum atomic E-state index is 14.1. The number of sulfone groups is 1. The van der Waals surface area contributed by atoms with Crippen LogP contribution in [0.2, 0.25) is 0 Å².